The number of ether oxygens (including phenoxy) is 3. The molecular weight excluding hydrogens is 396 g/mol. The number of rotatable bonds is 3. The summed E-state index contributed by atoms with van der Waals surface area (Å²) >= 11 is 6.82. The zero-order valence-electron chi connectivity index (χ0n) is 14.7. The minimum Gasteiger partial charge on any atom is -0.497 e. The predicted molar refractivity (Wildman–Crippen MR) is 111 cm³/mol. The fourth-order valence-electron chi connectivity index (χ4n) is 3.18. The van der Waals surface area contributed by atoms with Crippen LogP contribution < -0.4 is 14.2 Å². The average molecular weight is 410 g/mol. The second-order valence-corrected chi connectivity index (χ2v) is 7.85. The van der Waals surface area contributed by atoms with Crippen molar-refractivity contribution in [3.8, 4) is 28.8 Å². The minimum absolute atomic E-state index is 0.0803. The molecule has 2 aliphatic heterocycles. The van der Waals surface area contributed by atoms with Crippen LogP contribution in [0, 0.1) is 3.95 Å². The van der Waals surface area contributed by atoms with E-state index < -0.39 is 0 Å². The van der Waals surface area contributed by atoms with Crippen LogP contribution in [0.2, 0.25) is 0 Å². The van der Waals surface area contributed by atoms with Crippen LogP contribution in [-0.4, -0.2) is 29.8 Å². The zero-order valence-corrected chi connectivity index (χ0v) is 16.3. The van der Waals surface area contributed by atoms with E-state index in [1.165, 1.54) is 11.3 Å². The Morgan fingerprint density at radius 3 is 2.93 bits per heavy atom. The number of aromatic nitrogens is 1. The summed E-state index contributed by atoms with van der Waals surface area (Å²) in [4.78, 5) is 5.09. The fourth-order valence-corrected chi connectivity index (χ4v) is 4.48. The third kappa shape index (κ3) is 2.69. The van der Waals surface area contributed by atoms with E-state index in [1.807, 2.05) is 36.4 Å². The molecule has 0 aliphatic carbocycles. The van der Waals surface area contributed by atoms with Crippen molar-refractivity contribution in [2.45, 2.75) is 0 Å². The van der Waals surface area contributed by atoms with Gasteiger partial charge in [-0.25, -0.2) is 0 Å². The number of aromatic hydroxyl groups is 1. The molecule has 2 aliphatic rings. The molecule has 0 bridgehead atoms. The Hall–Kier alpha value is -3.10. The summed E-state index contributed by atoms with van der Waals surface area (Å²) < 4.78 is 18.2. The molecule has 0 radical (unpaired) electrons. The van der Waals surface area contributed by atoms with Crippen molar-refractivity contribution in [2.24, 2.45) is 4.99 Å². The van der Waals surface area contributed by atoms with Gasteiger partial charge in [-0.15, -0.1) is 11.3 Å². The van der Waals surface area contributed by atoms with Crippen LogP contribution in [0.4, 0.5) is 5.69 Å². The summed E-state index contributed by atoms with van der Waals surface area (Å²) in [7, 11) is 1.63. The van der Waals surface area contributed by atoms with Gasteiger partial charge in [0.15, 0.2) is 15.5 Å². The van der Waals surface area contributed by atoms with Gasteiger partial charge in [-0.05, 0) is 42.6 Å². The molecule has 5 rings (SSSR count). The Labute approximate surface area is 169 Å². The van der Waals surface area contributed by atoms with Crippen molar-refractivity contribution >= 4 is 47.1 Å². The molecule has 0 fully saturated rings. The van der Waals surface area contributed by atoms with Crippen molar-refractivity contribution in [1.29, 1.82) is 0 Å². The second kappa shape index (κ2) is 6.50. The second-order valence-electron chi connectivity index (χ2n) is 6.17. The number of fused-ring (bicyclic) bond motifs is 2. The van der Waals surface area contributed by atoms with Gasteiger partial charge in [-0.2, -0.15) is 0 Å². The number of hydrogen-bond donors (Lipinski definition) is 1. The van der Waals surface area contributed by atoms with Gasteiger partial charge in [-0.1, -0.05) is 0 Å². The summed E-state index contributed by atoms with van der Waals surface area (Å²) in [6, 6.07) is 11.2. The van der Waals surface area contributed by atoms with Gasteiger partial charge in [0.2, 0.25) is 12.7 Å². The average Bonchev–Trinajstić information content (AvgIpc) is 3.39. The number of allylic oxidation sites excluding steroid dienone is 1. The summed E-state index contributed by atoms with van der Waals surface area (Å²) in [5.41, 5.74) is 3.44. The number of hydrogen-bond acceptors (Lipinski definition) is 7. The van der Waals surface area contributed by atoms with Gasteiger partial charge in [0.1, 0.15) is 5.75 Å². The highest BCUT2D eigenvalue weighted by Gasteiger charge is 2.19. The maximum absolute atomic E-state index is 10.8. The van der Waals surface area contributed by atoms with Crippen molar-refractivity contribution < 1.29 is 19.3 Å². The number of methoxy groups -OCH3 is 1. The lowest BCUT2D eigenvalue weighted by atomic mass is 10.1. The minimum atomic E-state index is 0.0803. The molecule has 8 heteroatoms. The molecule has 0 amide bonds. The summed E-state index contributed by atoms with van der Waals surface area (Å²) in [6.45, 7) is 0.195. The molecule has 6 nitrogen and oxygen atoms in total. The molecule has 2 aromatic carbocycles. The SMILES string of the molecule is COc1ccc2c(c1)N=C/C2=C/c1sc(=S)n(-c2ccc3c(c2)OCO3)c1O. The first-order chi connectivity index (χ1) is 13.6. The Bertz CT molecular complexity index is 1220. The molecule has 0 atom stereocenters. The van der Waals surface area contributed by atoms with E-state index in [0.29, 0.717) is 20.3 Å². The predicted octanol–water partition coefficient (Wildman–Crippen LogP) is 4.97. The molecular formula is C20H14N2O4S2. The zero-order chi connectivity index (χ0) is 19.3. The van der Waals surface area contributed by atoms with Gasteiger partial charge < -0.3 is 19.3 Å². The molecule has 0 spiro atoms. The van der Waals surface area contributed by atoms with Crippen LogP contribution in [0.25, 0.3) is 17.3 Å². The molecule has 28 heavy (non-hydrogen) atoms. The topological polar surface area (TPSA) is 65.2 Å². The van der Waals surface area contributed by atoms with E-state index in [1.54, 1.807) is 24.0 Å². The Morgan fingerprint density at radius 1 is 1.21 bits per heavy atom. The third-order valence-corrected chi connectivity index (χ3v) is 5.88. The Morgan fingerprint density at radius 2 is 2.07 bits per heavy atom. The summed E-state index contributed by atoms with van der Waals surface area (Å²) in [5, 5.41) is 10.8. The van der Waals surface area contributed by atoms with Gasteiger partial charge in [0, 0.05) is 29.5 Å². The first-order valence-electron chi connectivity index (χ1n) is 8.43. The highest BCUT2D eigenvalue weighted by molar-refractivity contribution is 7.73. The lowest BCUT2D eigenvalue weighted by molar-refractivity contribution is 0.174. The van der Waals surface area contributed by atoms with Gasteiger partial charge >= 0.3 is 0 Å². The number of aliphatic imine (C=N–C) groups is 1. The van der Waals surface area contributed by atoms with Crippen LogP contribution >= 0.6 is 23.6 Å². The van der Waals surface area contributed by atoms with Crippen molar-refractivity contribution in [3.63, 3.8) is 0 Å². The summed E-state index contributed by atoms with van der Waals surface area (Å²) in [5.74, 6) is 2.15. The standard InChI is InChI=1S/C20H14N2O4S2/c1-24-13-3-4-14-11(9-21-15(14)8-13)6-18-19(23)22(20(27)28-18)12-2-5-16-17(7-12)26-10-25-16/h2-9,23H,10H2,1H3/b11-6-. The van der Waals surface area contributed by atoms with Crippen molar-refractivity contribution in [1.82, 2.24) is 4.57 Å². The quantitative estimate of drug-likeness (QED) is 0.618. The number of nitrogens with zero attached hydrogens (tertiary/aromatic N) is 2. The Kier molecular flexibility index (Phi) is 3.96. The molecule has 3 heterocycles. The maximum atomic E-state index is 10.8. The highest BCUT2D eigenvalue weighted by atomic mass is 32.1. The molecule has 1 N–H and O–H groups in total. The van der Waals surface area contributed by atoms with E-state index in [0.717, 1.165) is 28.3 Å². The van der Waals surface area contributed by atoms with Gasteiger partial charge in [-0.3, -0.25) is 9.56 Å². The smallest absolute Gasteiger partial charge is 0.231 e. The Balaban J connectivity index is 1.56. The lowest BCUT2D eigenvalue weighted by Gasteiger charge is -2.06. The van der Waals surface area contributed by atoms with Crippen LogP contribution in [0.1, 0.15) is 10.4 Å². The molecule has 140 valence electrons. The number of benzene rings is 2. The van der Waals surface area contributed by atoms with E-state index in [4.69, 9.17) is 26.4 Å². The number of thiazole rings is 1. The summed E-state index contributed by atoms with van der Waals surface area (Å²) in [6.07, 6.45) is 3.66. The molecule has 0 saturated carbocycles. The van der Waals surface area contributed by atoms with Crippen LogP contribution in [0.15, 0.2) is 41.4 Å². The van der Waals surface area contributed by atoms with Crippen LogP contribution in [0.3, 0.4) is 0 Å². The van der Waals surface area contributed by atoms with Crippen LogP contribution in [-0.2, 0) is 0 Å². The van der Waals surface area contributed by atoms with E-state index >= 15 is 0 Å². The van der Waals surface area contributed by atoms with Gasteiger partial charge in [0.25, 0.3) is 0 Å². The van der Waals surface area contributed by atoms with E-state index in [-0.39, 0.29) is 12.7 Å². The third-order valence-electron chi connectivity index (χ3n) is 4.57. The maximum Gasteiger partial charge on any atom is 0.231 e. The van der Waals surface area contributed by atoms with Crippen molar-refractivity contribution in [2.75, 3.05) is 13.9 Å². The molecule has 0 saturated heterocycles. The van der Waals surface area contributed by atoms with Crippen LogP contribution in [0.5, 0.6) is 23.1 Å². The largest absolute Gasteiger partial charge is 0.497 e. The highest BCUT2D eigenvalue weighted by Crippen LogP contribution is 2.40. The van der Waals surface area contributed by atoms with E-state index in [2.05, 4.69) is 4.99 Å². The molecule has 0 unspecified atom stereocenters. The molecule has 1 aromatic heterocycles. The lowest BCUT2D eigenvalue weighted by Crippen LogP contribution is -1.94. The van der Waals surface area contributed by atoms with E-state index in [9.17, 15) is 5.11 Å². The monoisotopic (exact) mass is 410 g/mol. The fraction of sp³-hybridized carbons (Fsp3) is 0.100. The van der Waals surface area contributed by atoms with Crippen molar-refractivity contribution in [3.05, 3.63) is 50.8 Å². The molecule has 3 aromatic rings. The normalized spacial score (nSPS) is 15.2. The first-order valence-corrected chi connectivity index (χ1v) is 9.65. The van der Waals surface area contributed by atoms with Gasteiger partial charge in [0.05, 0.1) is 23.4 Å². The first kappa shape index (κ1) is 17.0.